The van der Waals surface area contributed by atoms with Crippen molar-refractivity contribution in [2.75, 3.05) is 6.61 Å². The normalized spacial score (nSPS) is 11.2. The van der Waals surface area contributed by atoms with Crippen molar-refractivity contribution in [3.8, 4) is 0 Å². The van der Waals surface area contributed by atoms with Crippen LogP contribution in [0.4, 0.5) is 0 Å². The summed E-state index contributed by atoms with van der Waals surface area (Å²) in [5, 5.41) is 4.30. The molecule has 0 atom stereocenters. The van der Waals surface area contributed by atoms with Crippen molar-refractivity contribution >= 4 is 5.97 Å². The standard InChI is InChI=1S/C13H22N2O2/c1-6-17-13(16)11-7-14-15(8-9(2)3)12(11)10(4)5/h7,9-10H,6,8H2,1-5H3. The van der Waals surface area contributed by atoms with Crippen LogP contribution in [-0.2, 0) is 11.3 Å². The molecule has 0 amide bonds. The first kappa shape index (κ1) is 13.7. The van der Waals surface area contributed by atoms with Gasteiger partial charge in [0, 0.05) is 6.54 Å². The molecule has 17 heavy (non-hydrogen) atoms. The fraction of sp³-hybridized carbons (Fsp3) is 0.692. The van der Waals surface area contributed by atoms with E-state index >= 15 is 0 Å². The maximum absolute atomic E-state index is 11.8. The number of ether oxygens (including phenoxy) is 1. The lowest BCUT2D eigenvalue weighted by molar-refractivity contribution is 0.0524. The molecule has 0 spiro atoms. The fourth-order valence-corrected chi connectivity index (χ4v) is 1.86. The quantitative estimate of drug-likeness (QED) is 0.741. The van der Waals surface area contributed by atoms with E-state index in [4.69, 9.17) is 4.74 Å². The van der Waals surface area contributed by atoms with Crippen molar-refractivity contribution in [2.24, 2.45) is 5.92 Å². The zero-order chi connectivity index (χ0) is 13.0. The van der Waals surface area contributed by atoms with Crippen LogP contribution in [-0.4, -0.2) is 22.4 Å². The summed E-state index contributed by atoms with van der Waals surface area (Å²) < 4.78 is 6.96. The molecule has 1 heterocycles. The molecule has 0 unspecified atom stereocenters. The summed E-state index contributed by atoms with van der Waals surface area (Å²) in [6.45, 7) is 11.4. The summed E-state index contributed by atoms with van der Waals surface area (Å²) in [6, 6.07) is 0. The van der Waals surface area contributed by atoms with Crippen LogP contribution < -0.4 is 0 Å². The molecule has 0 aromatic carbocycles. The van der Waals surface area contributed by atoms with Gasteiger partial charge < -0.3 is 4.74 Å². The van der Waals surface area contributed by atoms with Crippen molar-refractivity contribution in [2.45, 2.75) is 47.1 Å². The topological polar surface area (TPSA) is 44.1 Å². The van der Waals surface area contributed by atoms with Gasteiger partial charge in [0.2, 0.25) is 0 Å². The number of nitrogens with zero attached hydrogens (tertiary/aromatic N) is 2. The third-order valence-electron chi connectivity index (χ3n) is 2.46. The largest absolute Gasteiger partial charge is 0.462 e. The average molecular weight is 238 g/mol. The molecule has 0 N–H and O–H groups in total. The van der Waals surface area contributed by atoms with Crippen molar-refractivity contribution in [3.63, 3.8) is 0 Å². The van der Waals surface area contributed by atoms with Crippen molar-refractivity contribution in [1.29, 1.82) is 0 Å². The summed E-state index contributed by atoms with van der Waals surface area (Å²) in [5.74, 6) is 0.490. The highest BCUT2D eigenvalue weighted by Gasteiger charge is 2.20. The van der Waals surface area contributed by atoms with E-state index in [9.17, 15) is 4.79 Å². The predicted molar refractivity (Wildman–Crippen MR) is 67.1 cm³/mol. The Morgan fingerprint density at radius 3 is 2.53 bits per heavy atom. The van der Waals surface area contributed by atoms with Crippen LogP contribution in [0.1, 0.15) is 56.6 Å². The third-order valence-corrected chi connectivity index (χ3v) is 2.46. The van der Waals surface area contributed by atoms with Gasteiger partial charge in [-0.1, -0.05) is 27.7 Å². The van der Waals surface area contributed by atoms with E-state index in [1.165, 1.54) is 0 Å². The molecule has 0 aliphatic heterocycles. The van der Waals surface area contributed by atoms with Gasteiger partial charge in [0.15, 0.2) is 0 Å². The van der Waals surface area contributed by atoms with E-state index in [0.29, 0.717) is 18.1 Å². The van der Waals surface area contributed by atoms with Crippen molar-refractivity contribution in [1.82, 2.24) is 9.78 Å². The predicted octanol–water partition coefficient (Wildman–Crippen LogP) is 2.84. The lowest BCUT2D eigenvalue weighted by Gasteiger charge is -2.13. The smallest absolute Gasteiger partial charge is 0.341 e. The van der Waals surface area contributed by atoms with Gasteiger partial charge >= 0.3 is 5.97 Å². The average Bonchev–Trinajstić information content (AvgIpc) is 2.60. The van der Waals surface area contributed by atoms with E-state index in [0.717, 1.165) is 12.2 Å². The zero-order valence-corrected chi connectivity index (χ0v) is 11.4. The number of hydrogen-bond donors (Lipinski definition) is 0. The van der Waals surface area contributed by atoms with Gasteiger partial charge in [-0.2, -0.15) is 5.10 Å². The minimum absolute atomic E-state index is 0.260. The van der Waals surface area contributed by atoms with Crippen LogP contribution in [0.15, 0.2) is 6.20 Å². The highest BCUT2D eigenvalue weighted by Crippen LogP contribution is 2.21. The number of rotatable bonds is 5. The summed E-state index contributed by atoms with van der Waals surface area (Å²) in [5.41, 5.74) is 1.57. The molecule has 1 aromatic rings. The van der Waals surface area contributed by atoms with E-state index in [2.05, 4.69) is 32.8 Å². The van der Waals surface area contributed by atoms with Crippen LogP contribution in [0, 0.1) is 5.92 Å². The molecule has 0 fully saturated rings. The Kier molecular flexibility index (Phi) is 4.73. The first-order chi connectivity index (χ1) is 7.97. The van der Waals surface area contributed by atoms with Gasteiger partial charge in [0.1, 0.15) is 5.56 Å². The second kappa shape index (κ2) is 5.84. The third kappa shape index (κ3) is 3.32. The highest BCUT2D eigenvalue weighted by atomic mass is 16.5. The van der Waals surface area contributed by atoms with Crippen LogP contribution in [0.25, 0.3) is 0 Å². The van der Waals surface area contributed by atoms with Gasteiger partial charge in [0.05, 0.1) is 18.5 Å². The van der Waals surface area contributed by atoms with Crippen LogP contribution in [0.3, 0.4) is 0 Å². The van der Waals surface area contributed by atoms with E-state index in [1.807, 2.05) is 11.6 Å². The summed E-state index contributed by atoms with van der Waals surface area (Å²) in [6.07, 6.45) is 1.62. The van der Waals surface area contributed by atoms with Crippen molar-refractivity contribution in [3.05, 3.63) is 17.5 Å². The molecule has 0 saturated heterocycles. The molecule has 0 radical (unpaired) electrons. The second-order valence-corrected chi connectivity index (χ2v) is 4.89. The van der Waals surface area contributed by atoms with Gasteiger partial charge in [0.25, 0.3) is 0 Å². The zero-order valence-electron chi connectivity index (χ0n) is 11.4. The molecule has 1 rings (SSSR count). The number of carbonyl (C=O) groups is 1. The van der Waals surface area contributed by atoms with Crippen LogP contribution in [0.5, 0.6) is 0 Å². The molecule has 0 aliphatic rings. The van der Waals surface area contributed by atoms with Gasteiger partial charge in [-0.25, -0.2) is 4.79 Å². The van der Waals surface area contributed by atoms with E-state index < -0.39 is 0 Å². The maximum Gasteiger partial charge on any atom is 0.341 e. The molecule has 0 bridgehead atoms. The van der Waals surface area contributed by atoms with Gasteiger partial charge in [-0.05, 0) is 18.8 Å². The Morgan fingerprint density at radius 2 is 2.06 bits per heavy atom. The Hall–Kier alpha value is -1.32. The molecule has 4 nitrogen and oxygen atoms in total. The van der Waals surface area contributed by atoms with Crippen LogP contribution >= 0.6 is 0 Å². The lowest BCUT2D eigenvalue weighted by atomic mass is 10.1. The van der Waals surface area contributed by atoms with Crippen LogP contribution in [0.2, 0.25) is 0 Å². The first-order valence-corrected chi connectivity index (χ1v) is 6.20. The monoisotopic (exact) mass is 238 g/mol. The molecular formula is C13H22N2O2. The number of aromatic nitrogens is 2. The summed E-state index contributed by atoms with van der Waals surface area (Å²) >= 11 is 0. The Labute approximate surface area is 103 Å². The minimum atomic E-state index is -0.272. The maximum atomic E-state index is 11.8. The first-order valence-electron chi connectivity index (χ1n) is 6.20. The number of esters is 1. The number of carbonyl (C=O) groups excluding carboxylic acids is 1. The fourth-order valence-electron chi connectivity index (χ4n) is 1.86. The molecule has 96 valence electrons. The SMILES string of the molecule is CCOC(=O)c1cnn(CC(C)C)c1C(C)C. The van der Waals surface area contributed by atoms with E-state index in [-0.39, 0.29) is 11.9 Å². The number of hydrogen-bond acceptors (Lipinski definition) is 3. The molecular weight excluding hydrogens is 216 g/mol. The highest BCUT2D eigenvalue weighted by molar-refractivity contribution is 5.90. The van der Waals surface area contributed by atoms with Gasteiger partial charge in [-0.3, -0.25) is 4.68 Å². The van der Waals surface area contributed by atoms with Crippen molar-refractivity contribution < 1.29 is 9.53 Å². The molecule has 0 saturated carbocycles. The Balaban J connectivity index is 3.06. The van der Waals surface area contributed by atoms with Gasteiger partial charge in [-0.15, -0.1) is 0 Å². The minimum Gasteiger partial charge on any atom is -0.462 e. The Bertz CT molecular complexity index is 381. The summed E-state index contributed by atoms with van der Waals surface area (Å²) in [7, 11) is 0. The van der Waals surface area contributed by atoms with E-state index in [1.54, 1.807) is 6.20 Å². The molecule has 0 aliphatic carbocycles. The second-order valence-electron chi connectivity index (χ2n) is 4.89. The molecule has 1 aromatic heterocycles. The molecule has 4 heteroatoms. The Morgan fingerprint density at radius 1 is 1.41 bits per heavy atom. The summed E-state index contributed by atoms with van der Waals surface area (Å²) in [4.78, 5) is 11.8. The lowest BCUT2D eigenvalue weighted by Crippen LogP contribution is -2.14.